The Hall–Kier alpha value is -0.810. The summed E-state index contributed by atoms with van der Waals surface area (Å²) < 4.78 is 11.3. The zero-order chi connectivity index (χ0) is 14.5. The largest absolute Gasteiger partial charge is 0.444 e. The summed E-state index contributed by atoms with van der Waals surface area (Å²) in [5.41, 5.74) is -0.571. The van der Waals surface area contributed by atoms with Gasteiger partial charge in [-0.3, -0.25) is 0 Å². The normalized spacial score (nSPS) is 19.3. The Morgan fingerprint density at radius 2 is 1.89 bits per heavy atom. The second-order valence-electron chi connectivity index (χ2n) is 6.11. The van der Waals surface area contributed by atoms with Gasteiger partial charge in [-0.05, 0) is 47.6 Å². The van der Waals surface area contributed by atoms with Crippen molar-refractivity contribution in [2.75, 3.05) is 33.3 Å². The highest BCUT2D eigenvalue weighted by molar-refractivity contribution is 5.68. The number of likely N-dealkylation sites (N-methyl/N-ethyl adjacent to an activating group) is 1. The lowest BCUT2D eigenvalue weighted by atomic mass is 9.91. The van der Waals surface area contributed by atoms with Gasteiger partial charge in [0.15, 0.2) is 0 Å². The fourth-order valence-corrected chi connectivity index (χ4v) is 2.42. The van der Waals surface area contributed by atoms with Crippen molar-refractivity contribution in [2.45, 2.75) is 51.7 Å². The van der Waals surface area contributed by atoms with E-state index in [1.807, 2.05) is 34.7 Å². The van der Waals surface area contributed by atoms with Crippen LogP contribution in [-0.2, 0) is 9.47 Å². The standard InChI is InChI=1S/C14H28N2O3/c1-6-18-14(11-15-5)7-9-16(10-8-14)12(17)19-13(2,3)4/h15H,6-11H2,1-5H3. The van der Waals surface area contributed by atoms with Crippen LogP contribution in [0.3, 0.4) is 0 Å². The molecule has 0 aliphatic carbocycles. The molecule has 112 valence electrons. The summed E-state index contributed by atoms with van der Waals surface area (Å²) in [4.78, 5) is 13.8. The van der Waals surface area contributed by atoms with E-state index in [0.717, 1.165) is 19.4 Å². The van der Waals surface area contributed by atoms with Crippen LogP contribution in [0.1, 0.15) is 40.5 Å². The molecule has 0 spiro atoms. The lowest BCUT2D eigenvalue weighted by molar-refractivity contribution is -0.0774. The van der Waals surface area contributed by atoms with Crippen LogP contribution in [0, 0.1) is 0 Å². The molecule has 5 heteroatoms. The van der Waals surface area contributed by atoms with Gasteiger partial charge in [0.25, 0.3) is 0 Å². The molecule has 5 nitrogen and oxygen atoms in total. The Morgan fingerprint density at radius 3 is 2.32 bits per heavy atom. The molecule has 1 saturated heterocycles. The summed E-state index contributed by atoms with van der Waals surface area (Å²) >= 11 is 0. The number of likely N-dealkylation sites (tertiary alicyclic amines) is 1. The first kappa shape index (κ1) is 16.2. The highest BCUT2D eigenvalue weighted by Gasteiger charge is 2.37. The fraction of sp³-hybridized carbons (Fsp3) is 0.929. The van der Waals surface area contributed by atoms with Crippen molar-refractivity contribution in [3.8, 4) is 0 Å². The average molecular weight is 272 g/mol. The third-order valence-corrected chi connectivity index (χ3v) is 3.28. The topological polar surface area (TPSA) is 50.8 Å². The van der Waals surface area contributed by atoms with Crippen molar-refractivity contribution < 1.29 is 14.3 Å². The molecule has 1 aliphatic heterocycles. The molecule has 0 aromatic heterocycles. The first-order chi connectivity index (χ1) is 8.82. The van der Waals surface area contributed by atoms with Gasteiger partial charge in [0.05, 0.1) is 5.60 Å². The van der Waals surface area contributed by atoms with Crippen molar-refractivity contribution in [3.63, 3.8) is 0 Å². The Morgan fingerprint density at radius 1 is 1.32 bits per heavy atom. The SMILES string of the molecule is CCOC1(CNC)CCN(C(=O)OC(C)(C)C)CC1. The molecule has 1 fully saturated rings. The number of hydrogen-bond acceptors (Lipinski definition) is 4. The summed E-state index contributed by atoms with van der Waals surface area (Å²) in [6.45, 7) is 10.6. The lowest BCUT2D eigenvalue weighted by Crippen LogP contribution is -2.53. The number of hydrogen-bond donors (Lipinski definition) is 1. The summed E-state index contributed by atoms with van der Waals surface area (Å²) in [6, 6.07) is 0. The predicted molar refractivity (Wildman–Crippen MR) is 75.3 cm³/mol. The van der Waals surface area contributed by atoms with Gasteiger partial charge in [-0.1, -0.05) is 0 Å². The van der Waals surface area contributed by atoms with Crippen LogP contribution in [0.5, 0.6) is 0 Å². The molecule has 0 aromatic rings. The van der Waals surface area contributed by atoms with E-state index in [2.05, 4.69) is 5.32 Å². The molecule has 0 unspecified atom stereocenters. The summed E-state index contributed by atoms with van der Waals surface area (Å²) in [5.74, 6) is 0. The Balaban J connectivity index is 2.53. The number of ether oxygens (including phenoxy) is 2. The minimum Gasteiger partial charge on any atom is -0.444 e. The van der Waals surface area contributed by atoms with Crippen molar-refractivity contribution in [1.29, 1.82) is 0 Å². The molecule has 0 bridgehead atoms. The fourth-order valence-electron chi connectivity index (χ4n) is 2.42. The average Bonchev–Trinajstić information content (AvgIpc) is 2.28. The second kappa shape index (κ2) is 6.57. The van der Waals surface area contributed by atoms with Gasteiger partial charge in [0.1, 0.15) is 5.60 Å². The molecule has 1 rings (SSSR count). The molecule has 0 atom stereocenters. The third kappa shape index (κ3) is 4.99. The molecule has 1 N–H and O–H groups in total. The Bertz CT molecular complexity index is 284. The third-order valence-electron chi connectivity index (χ3n) is 3.28. The van der Waals surface area contributed by atoms with Crippen molar-refractivity contribution >= 4 is 6.09 Å². The Kier molecular flexibility index (Phi) is 5.62. The number of amides is 1. The molecule has 1 amide bonds. The van der Waals surface area contributed by atoms with E-state index >= 15 is 0 Å². The van der Waals surface area contributed by atoms with Crippen LogP contribution >= 0.6 is 0 Å². The number of nitrogens with zero attached hydrogens (tertiary/aromatic N) is 1. The van der Waals surface area contributed by atoms with Gasteiger partial charge >= 0.3 is 6.09 Å². The molecule has 0 saturated carbocycles. The summed E-state index contributed by atoms with van der Waals surface area (Å²) in [7, 11) is 1.93. The molecule has 0 radical (unpaired) electrons. The number of piperidine rings is 1. The van der Waals surface area contributed by atoms with Crippen LogP contribution in [0.2, 0.25) is 0 Å². The lowest BCUT2D eigenvalue weighted by Gasteiger charge is -2.41. The van der Waals surface area contributed by atoms with E-state index in [4.69, 9.17) is 9.47 Å². The second-order valence-corrected chi connectivity index (χ2v) is 6.11. The highest BCUT2D eigenvalue weighted by atomic mass is 16.6. The van der Waals surface area contributed by atoms with Crippen LogP contribution in [0.25, 0.3) is 0 Å². The van der Waals surface area contributed by atoms with Crippen LogP contribution in [0.15, 0.2) is 0 Å². The van der Waals surface area contributed by atoms with E-state index in [1.54, 1.807) is 4.90 Å². The van der Waals surface area contributed by atoms with Crippen LogP contribution in [-0.4, -0.2) is 55.5 Å². The van der Waals surface area contributed by atoms with Gasteiger partial charge in [-0.15, -0.1) is 0 Å². The molecular weight excluding hydrogens is 244 g/mol. The van der Waals surface area contributed by atoms with Gasteiger partial charge in [0, 0.05) is 26.2 Å². The highest BCUT2D eigenvalue weighted by Crippen LogP contribution is 2.26. The Labute approximate surface area is 116 Å². The van der Waals surface area contributed by atoms with Gasteiger partial charge in [-0.25, -0.2) is 4.79 Å². The van der Waals surface area contributed by atoms with Crippen molar-refractivity contribution in [3.05, 3.63) is 0 Å². The number of carbonyl (C=O) groups is 1. The van der Waals surface area contributed by atoms with Crippen molar-refractivity contribution in [1.82, 2.24) is 10.2 Å². The summed E-state index contributed by atoms with van der Waals surface area (Å²) in [5, 5.41) is 3.19. The zero-order valence-corrected chi connectivity index (χ0v) is 12.9. The van der Waals surface area contributed by atoms with Crippen LogP contribution < -0.4 is 5.32 Å². The predicted octanol–water partition coefficient (Wildman–Crippen LogP) is 2.01. The first-order valence-corrected chi connectivity index (χ1v) is 7.08. The number of carbonyl (C=O) groups excluding carboxylic acids is 1. The maximum absolute atomic E-state index is 12.0. The number of nitrogens with one attached hydrogen (secondary N) is 1. The van der Waals surface area contributed by atoms with Gasteiger partial charge < -0.3 is 19.7 Å². The van der Waals surface area contributed by atoms with Gasteiger partial charge in [0.2, 0.25) is 0 Å². The van der Waals surface area contributed by atoms with E-state index in [1.165, 1.54) is 0 Å². The molecular formula is C14H28N2O3. The monoisotopic (exact) mass is 272 g/mol. The van der Waals surface area contributed by atoms with Gasteiger partial charge in [-0.2, -0.15) is 0 Å². The van der Waals surface area contributed by atoms with E-state index < -0.39 is 5.60 Å². The quantitative estimate of drug-likeness (QED) is 0.850. The van der Waals surface area contributed by atoms with E-state index in [0.29, 0.717) is 19.7 Å². The maximum atomic E-state index is 12.0. The first-order valence-electron chi connectivity index (χ1n) is 7.08. The molecule has 1 aliphatic rings. The zero-order valence-electron chi connectivity index (χ0n) is 12.9. The maximum Gasteiger partial charge on any atom is 0.410 e. The smallest absolute Gasteiger partial charge is 0.410 e. The van der Waals surface area contributed by atoms with E-state index in [-0.39, 0.29) is 11.7 Å². The molecule has 0 aromatic carbocycles. The molecule has 19 heavy (non-hydrogen) atoms. The van der Waals surface area contributed by atoms with Crippen molar-refractivity contribution in [2.24, 2.45) is 0 Å². The van der Waals surface area contributed by atoms with Crippen LogP contribution in [0.4, 0.5) is 4.79 Å². The van der Waals surface area contributed by atoms with E-state index in [9.17, 15) is 4.79 Å². The summed E-state index contributed by atoms with van der Waals surface area (Å²) in [6.07, 6.45) is 1.48. The minimum atomic E-state index is -0.434. The molecule has 1 heterocycles. The number of rotatable bonds is 4. The minimum absolute atomic E-state index is 0.137.